The van der Waals surface area contributed by atoms with Crippen LogP contribution in [0.5, 0.6) is 0 Å². The first-order chi connectivity index (χ1) is 9.36. The summed E-state index contributed by atoms with van der Waals surface area (Å²) in [6.45, 7) is 8.49. The molecule has 20 heavy (non-hydrogen) atoms. The minimum atomic E-state index is -0.362. The summed E-state index contributed by atoms with van der Waals surface area (Å²) in [7, 11) is 0. The standard InChI is InChI=1S/C15H24FN3O/c1-4-19(11-15(2,3)10-17)9-14(20)18-13-7-5-6-12(16)8-13/h5-8H,4,9-11,17H2,1-3H3,(H,18,20). The van der Waals surface area contributed by atoms with Gasteiger partial charge >= 0.3 is 0 Å². The van der Waals surface area contributed by atoms with Gasteiger partial charge in [-0.3, -0.25) is 9.69 Å². The Labute approximate surface area is 120 Å². The van der Waals surface area contributed by atoms with Crippen LogP contribution in [0, 0.1) is 11.2 Å². The summed E-state index contributed by atoms with van der Waals surface area (Å²) < 4.78 is 13.0. The van der Waals surface area contributed by atoms with Crippen LogP contribution in [-0.2, 0) is 4.79 Å². The number of anilines is 1. The number of rotatable bonds is 7. The van der Waals surface area contributed by atoms with Gasteiger partial charge in [-0.2, -0.15) is 0 Å². The second-order valence-electron chi connectivity index (χ2n) is 5.73. The van der Waals surface area contributed by atoms with E-state index in [0.29, 0.717) is 12.2 Å². The zero-order valence-corrected chi connectivity index (χ0v) is 12.4. The molecule has 0 saturated carbocycles. The molecule has 3 N–H and O–H groups in total. The second-order valence-corrected chi connectivity index (χ2v) is 5.73. The number of likely N-dealkylation sites (N-methyl/N-ethyl adjacent to an activating group) is 1. The number of hydrogen-bond donors (Lipinski definition) is 2. The zero-order valence-electron chi connectivity index (χ0n) is 12.4. The summed E-state index contributed by atoms with van der Waals surface area (Å²) in [6, 6.07) is 5.89. The van der Waals surface area contributed by atoms with E-state index in [9.17, 15) is 9.18 Å². The number of nitrogens with zero attached hydrogens (tertiary/aromatic N) is 1. The average Bonchev–Trinajstić information content (AvgIpc) is 2.37. The molecule has 0 radical (unpaired) electrons. The Balaban J connectivity index is 2.55. The van der Waals surface area contributed by atoms with Crippen molar-refractivity contribution in [1.82, 2.24) is 4.90 Å². The van der Waals surface area contributed by atoms with Crippen LogP contribution in [0.15, 0.2) is 24.3 Å². The maximum absolute atomic E-state index is 13.0. The summed E-state index contributed by atoms with van der Waals surface area (Å²) in [5, 5.41) is 2.70. The van der Waals surface area contributed by atoms with Crippen molar-refractivity contribution in [3.8, 4) is 0 Å². The van der Waals surface area contributed by atoms with Crippen LogP contribution in [-0.4, -0.2) is 37.0 Å². The largest absolute Gasteiger partial charge is 0.330 e. The van der Waals surface area contributed by atoms with Crippen molar-refractivity contribution >= 4 is 11.6 Å². The van der Waals surface area contributed by atoms with Gasteiger partial charge in [0.2, 0.25) is 5.91 Å². The van der Waals surface area contributed by atoms with Crippen LogP contribution in [0.25, 0.3) is 0 Å². The van der Waals surface area contributed by atoms with Crippen LogP contribution in [0.4, 0.5) is 10.1 Å². The maximum atomic E-state index is 13.0. The lowest BCUT2D eigenvalue weighted by molar-refractivity contribution is -0.117. The highest BCUT2D eigenvalue weighted by atomic mass is 19.1. The molecule has 0 atom stereocenters. The van der Waals surface area contributed by atoms with Crippen LogP contribution in [0.3, 0.4) is 0 Å². The van der Waals surface area contributed by atoms with Crippen LogP contribution in [0.1, 0.15) is 20.8 Å². The van der Waals surface area contributed by atoms with E-state index in [1.807, 2.05) is 11.8 Å². The predicted molar refractivity (Wildman–Crippen MR) is 80.0 cm³/mol. The van der Waals surface area contributed by atoms with E-state index in [1.165, 1.54) is 12.1 Å². The number of halogens is 1. The summed E-state index contributed by atoms with van der Waals surface area (Å²) in [6.07, 6.45) is 0. The minimum absolute atomic E-state index is 0.0326. The third-order valence-electron chi connectivity index (χ3n) is 3.13. The number of carbonyl (C=O) groups excluding carboxylic acids is 1. The Bertz CT molecular complexity index is 448. The summed E-state index contributed by atoms with van der Waals surface area (Å²) in [5.74, 6) is -0.510. The first kappa shape index (κ1) is 16.6. The Morgan fingerprint density at radius 3 is 2.70 bits per heavy atom. The van der Waals surface area contributed by atoms with Gasteiger partial charge in [0, 0.05) is 12.2 Å². The molecule has 1 aromatic rings. The SMILES string of the molecule is CCN(CC(=O)Nc1cccc(F)c1)CC(C)(C)CN. The zero-order chi connectivity index (χ0) is 15.2. The molecule has 0 aromatic heterocycles. The fourth-order valence-corrected chi connectivity index (χ4v) is 1.92. The number of benzene rings is 1. The van der Waals surface area contributed by atoms with Gasteiger partial charge in [-0.15, -0.1) is 0 Å². The molecule has 0 spiro atoms. The molecule has 1 aromatic carbocycles. The normalized spacial score (nSPS) is 11.7. The van der Waals surface area contributed by atoms with Gasteiger partial charge in [0.25, 0.3) is 0 Å². The van der Waals surface area contributed by atoms with E-state index in [4.69, 9.17) is 5.73 Å². The molecule has 4 nitrogen and oxygen atoms in total. The molecule has 0 aliphatic carbocycles. The smallest absolute Gasteiger partial charge is 0.238 e. The van der Waals surface area contributed by atoms with E-state index in [1.54, 1.807) is 12.1 Å². The van der Waals surface area contributed by atoms with Crippen molar-refractivity contribution in [2.45, 2.75) is 20.8 Å². The van der Waals surface area contributed by atoms with Gasteiger partial charge in [0.15, 0.2) is 0 Å². The van der Waals surface area contributed by atoms with Gasteiger partial charge in [-0.05, 0) is 36.7 Å². The van der Waals surface area contributed by atoms with Crippen molar-refractivity contribution in [3.63, 3.8) is 0 Å². The van der Waals surface area contributed by atoms with Gasteiger partial charge in [-0.25, -0.2) is 4.39 Å². The molecular formula is C15H24FN3O. The molecule has 0 bridgehead atoms. The van der Waals surface area contributed by atoms with E-state index < -0.39 is 0 Å². The monoisotopic (exact) mass is 281 g/mol. The molecule has 112 valence electrons. The summed E-state index contributed by atoms with van der Waals surface area (Å²) in [4.78, 5) is 14.0. The Hall–Kier alpha value is -1.46. The van der Waals surface area contributed by atoms with Crippen LogP contribution in [0.2, 0.25) is 0 Å². The molecule has 5 heteroatoms. The molecule has 0 fully saturated rings. The van der Waals surface area contributed by atoms with Gasteiger partial charge in [0.05, 0.1) is 6.54 Å². The molecule has 0 aliphatic heterocycles. The number of nitrogens with two attached hydrogens (primary N) is 1. The molecule has 0 aliphatic rings. The molecular weight excluding hydrogens is 257 g/mol. The summed E-state index contributed by atoms with van der Waals surface area (Å²) in [5.41, 5.74) is 6.15. The molecule has 0 heterocycles. The third-order valence-corrected chi connectivity index (χ3v) is 3.13. The lowest BCUT2D eigenvalue weighted by Gasteiger charge is -2.30. The van der Waals surface area contributed by atoms with E-state index in [2.05, 4.69) is 19.2 Å². The highest BCUT2D eigenvalue weighted by Crippen LogP contribution is 2.15. The topological polar surface area (TPSA) is 58.4 Å². The van der Waals surface area contributed by atoms with Crippen molar-refractivity contribution < 1.29 is 9.18 Å². The Morgan fingerprint density at radius 1 is 1.45 bits per heavy atom. The summed E-state index contributed by atoms with van der Waals surface area (Å²) >= 11 is 0. The van der Waals surface area contributed by atoms with Gasteiger partial charge < -0.3 is 11.1 Å². The first-order valence-electron chi connectivity index (χ1n) is 6.84. The number of hydrogen-bond acceptors (Lipinski definition) is 3. The fourth-order valence-electron chi connectivity index (χ4n) is 1.92. The van der Waals surface area contributed by atoms with Crippen molar-refractivity contribution in [2.24, 2.45) is 11.1 Å². The van der Waals surface area contributed by atoms with E-state index in [-0.39, 0.29) is 23.7 Å². The van der Waals surface area contributed by atoms with Gasteiger partial charge in [-0.1, -0.05) is 26.8 Å². The second kappa shape index (κ2) is 7.36. The van der Waals surface area contributed by atoms with Crippen molar-refractivity contribution in [2.75, 3.05) is 31.5 Å². The number of nitrogens with one attached hydrogen (secondary N) is 1. The first-order valence-corrected chi connectivity index (χ1v) is 6.84. The van der Waals surface area contributed by atoms with Crippen molar-refractivity contribution in [1.29, 1.82) is 0 Å². The number of carbonyl (C=O) groups is 1. The molecule has 0 saturated heterocycles. The van der Waals surface area contributed by atoms with Gasteiger partial charge in [0.1, 0.15) is 5.82 Å². The minimum Gasteiger partial charge on any atom is -0.330 e. The molecule has 0 unspecified atom stereocenters. The van der Waals surface area contributed by atoms with Crippen molar-refractivity contribution in [3.05, 3.63) is 30.1 Å². The highest BCUT2D eigenvalue weighted by Gasteiger charge is 2.20. The Morgan fingerprint density at radius 2 is 2.15 bits per heavy atom. The number of amides is 1. The Kier molecular flexibility index (Phi) is 6.10. The molecule has 1 amide bonds. The van der Waals surface area contributed by atoms with E-state index in [0.717, 1.165) is 13.1 Å². The molecule has 1 rings (SSSR count). The van der Waals surface area contributed by atoms with Crippen LogP contribution >= 0.6 is 0 Å². The lowest BCUT2D eigenvalue weighted by atomic mass is 9.93. The third kappa shape index (κ3) is 5.67. The average molecular weight is 281 g/mol. The fraction of sp³-hybridized carbons (Fsp3) is 0.533. The van der Waals surface area contributed by atoms with Crippen LogP contribution < -0.4 is 11.1 Å². The predicted octanol–water partition coefficient (Wildman–Crippen LogP) is 2.07. The lowest BCUT2D eigenvalue weighted by Crippen LogP contribution is -2.42. The van der Waals surface area contributed by atoms with E-state index >= 15 is 0 Å². The quantitative estimate of drug-likeness (QED) is 0.804. The highest BCUT2D eigenvalue weighted by molar-refractivity contribution is 5.92. The maximum Gasteiger partial charge on any atom is 0.238 e.